The Balaban J connectivity index is 1.94. The maximum absolute atomic E-state index is 12.2. The van der Waals surface area contributed by atoms with E-state index in [1.807, 2.05) is 6.92 Å². The van der Waals surface area contributed by atoms with Gasteiger partial charge in [0.15, 0.2) is 0 Å². The minimum absolute atomic E-state index is 0.404. The van der Waals surface area contributed by atoms with Crippen LogP contribution in [0.1, 0.15) is 29.0 Å². The van der Waals surface area contributed by atoms with Gasteiger partial charge in [0, 0.05) is 42.6 Å². The van der Waals surface area contributed by atoms with Gasteiger partial charge in [-0.15, -0.1) is 11.3 Å². The largest absolute Gasteiger partial charge is 0.385 e. The van der Waals surface area contributed by atoms with Gasteiger partial charge < -0.3 is 10.1 Å². The van der Waals surface area contributed by atoms with Gasteiger partial charge in [0.05, 0.1) is 4.90 Å². The summed E-state index contributed by atoms with van der Waals surface area (Å²) in [6.07, 6.45) is 3.14. The van der Waals surface area contributed by atoms with Crippen molar-refractivity contribution < 1.29 is 13.2 Å². The Morgan fingerprint density at radius 3 is 2.85 bits per heavy atom. The van der Waals surface area contributed by atoms with E-state index in [1.165, 1.54) is 12.8 Å². The van der Waals surface area contributed by atoms with Crippen molar-refractivity contribution in [1.82, 2.24) is 10.0 Å². The van der Waals surface area contributed by atoms with Crippen LogP contribution in [0.4, 0.5) is 0 Å². The molecule has 20 heavy (non-hydrogen) atoms. The molecule has 7 heteroatoms. The topological polar surface area (TPSA) is 67.4 Å². The highest BCUT2D eigenvalue weighted by Gasteiger charge is 2.22. The molecule has 1 heterocycles. The molecule has 0 bridgehead atoms. The maximum atomic E-state index is 12.2. The summed E-state index contributed by atoms with van der Waals surface area (Å²) < 4.78 is 32.0. The number of rotatable bonds is 9. The molecule has 1 aliphatic rings. The SMILES string of the molecule is COCCCNS(=O)(=O)c1cc(CNC2CC2)sc1C. The first-order chi connectivity index (χ1) is 9.53. The van der Waals surface area contributed by atoms with E-state index in [0.717, 1.165) is 16.3 Å². The van der Waals surface area contributed by atoms with E-state index in [1.54, 1.807) is 24.5 Å². The third kappa shape index (κ3) is 4.53. The van der Waals surface area contributed by atoms with Gasteiger partial charge >= 0.3 is 0 Å². The fourth-order valence-corrected chi connectivity index (χ4v) is 4.57. The minimum atomic E-state index is -3.40. The van der Waals surface area contributed by atoms with Crippen molar-refractivity contribution in [2.45, 2.75) is 43.7 Å². The Kier molecular flexibility index (Phi) is 5.57. The molecule has 1 fully saturated rings. The molecule has 114 valence electrons. The standard InChI is InChI=1S/C13H22N2O3S2/c1-10-13(20(16,17)15-6-3-7-18-2)8-12(19-10)9-14-11-4-5-11/h8,11,14-15H,3-7,9H2,1-2H3. The summed E-state index contributed by atoms with van der Waals surface area (Å²) in [5.74, 6) is 0. The van der Waals surface area contributed by atoms with Crippen molar-refractivity contribution in [3.8, 4) is 0 Å². The number of hydrogen-bond acceptors (Lipinski definition) is 5. The average Bonchev–Trinajstić information content (AvgIpc) is 3.15. The third-order valence-corrected chi connectivity index (χ3v) is 5.94. The smallest absolute Gasteiger partial charge is 0.241 e. The van der Waals surface area contributed by atoms with Crippen LogP contribution in [0.2, 0.25) is 0 Å². The lowest BCUT2D eigenvalue weighted by molar-refractivity contribution is 0.196. The normalized spacial score (nSPS) is 15.7. The molecule has 0 unspecified atom stereocenters. The number of thiophene rings is 1. The van der Waals surface area contributed by atoms with Crippen molar-refractivity contribution in [3.05, 3.63) is 15.8 Å². The first-order valence-electron chi connectivity index (χ1n) is 6.84. The fourth-order valence-electron chi connectivity index (χ4n) is 1.91. The van der Waals surface area contributed by atoms with Gasteiger partial charge in [-0.1, -0.05) is 0 Å². The highest BCUT2D eigenvalue weighted by Crippen LogP contribution is 2.27. The van der Waals surface area contributed by atoms with Gasteiger partial charge in [-0.2, -0.15) is 0 Å². The Hall–Kier alpha value is -0.470. The lowest BCUT2D eigenvalue weighted by Gasteiger charge is -2.05. The van der Waals surface area contributed by atoms with E-state index >= 15 is 0 Å². The Morgan fingerprint density at radius 2 is 2.20 bits per heavy atom. The molecule has 1 aromatic heterocycles. The highest BCUT2D eigenvalue weighted by molar-refractivity contribution is 7.89. The Labute approximate surface area is 124 Å². The van der Waals surface area contributed by atoms with E-state index in [2.05, 4.69) is 10.0 Å². The van der Waals surface area contributed by atoms with Crippen LogP contribution in [0.15, 0.2) is 11.0 Å². The molecule has 5 nitrogen and oxygen atoms in total. The molecule has 0 radical (unpaired) electrons. The molecule has 2 rings (SSSR count). The molecule has 0 atom stereocenters. The maximum Gasteiger partial charge on any atom is 0.241 e. The van der Waals surface area contributed by atoms with Crippen molar-refractivity contribution in [3.63, 3.8) is 0 Å². The van der Waals surface area contributed by atoms with Crippen molar-refractivity contribution in [2.24, 2.45) is 0 Å². The number of methoxy groups -OCH3 is 1. The molecule has 0 saturated heterocycles. The van der Waals surface area contributed by atoms with Crippen LogP contribution < -0.4 is 10.0 Å². The van der Waals surface area contributed by atoms with Crippen LogP contribution in [0.3, 0.4) is 0 Å². The van der Waals surface area contributed by atoms with E-state index in [4.69, 9.17) is 4.74 Å². The third-order valence-electron chi connectivity index (χ3n) is 3.17. The summed E-state index contributed by atoms with van der Waals surface area (Å²) in [5, 5.41) is 3.40. The second-order valence-electron chi connectivity index (χ2n) is 5.03. The fraction of sp³-hybridized carbons (Fsp3) is 0.692. The molecule has 1 aliphatic carbocycles. The van der Waals surface area contributed by atoms with Gasteiger partial charge in [0.2, 0.25) is 10.0 Å². The summed E-state index contributed by atoms with van der Waals surface area (Å²) in [6.45, 7) is 3.58. The van der Waals surface area contributed by atoms with Crippen LogP contribution >= 0.6 is 11.3 Å². The van der Waals surface area contributed by atoms with Crippen LogP contribution in [0, 0.1) is 6.92 Å². The molecule has 0 aromatic carbocycles. The van der Waals surface area contributed by atoms with E-state index in [9.17, 15) is 8.42 Å². The van der Waals surface area contributed by atoms with Crippen LogP contribution in [-0.4, -0.2) is 34.7 Å². The number of nitrogens with one attached hydrogen (secondary N) is 2. The highest BCUT2D eigenvalue weighted by atomic mass is 32.2. The quantitative estimate of drug-likeness (QED) is 0.679. The molecule has 1 saturated carbocycles. The van der Waals surface area contributed by atoms with Crippen molar-refractivity contribution in [2.75, 3.05) is 20.3 Å². The van der Waals surface area contributed by atoms with Crippen molar-refractivity contribution >= 4 is 21.4 Å². The monoisotopic (exact) mass is 318 g/mol. The number of hydrogen-bond donors (Lipinski definition) is 2. The average molecular weight is 318 g/mol. The molecule has 0 amide bonds. The van der Waals surface area contributed by atoms with Gasteiger partial charge in [0.1, 0.15) is 0 Å². The second kappa shape index (κ2) is 7.00. The van der Waals surface area contributed by atoms with Crippen LogP contribution in [-0.2, 0) is 21.3 Å². The summed E-state index contributed by atoms with van der Waals surface area (Å²) in [5.41, 5.74) is 0. The van der Waals surface area contributed by atoms with Gasteiger partial charge in [0.25, 0.3) is 0 Å². The first-order valence-corrected chi connectivity index (χ1v) is 9.14. The van der Waals surface area contributed by atoms with E-state index in [-0.39, 0.29) is 0 Å². The second-order valence-corrected chi connectivity index (χ2v) is 8.11. The van der Waals surface area contributed by atoms with Crippen LogP contribution in [0.25, 0.3) is 0 Å². The van der Waals surface area contributed by atoms with Crippen LogP contribution in [0.5, 0.6) is 0 Å². The summed E-state index contributed by atoms with van der Waals surface area (Å²) >= 11 is 1.55. The lowest BCUT2D eigenvalue weighted by Crippen LogP contribution is -2.25. The predicted molar refractivity (Wildman–Crippen MR) is 80.6 cm³/mol. The Bertz CT molecular complexity index is 536. The molecule has 0 spiro atoms. The van der Waals surface area contributed by atoms with Crippen molar-refractivity contribution in [1.29, 1.82) is 0 Å². The predicted octanol–water partition coefficient (Wildman–Crippen LogP) is 1.62. The molecule has 1 aromatic rings. The number of ether oxygens (including phenoxy) is 1. The summed E-state index contributed by atoms with van der Waals surface area (Å²) in [4.78, 5) is 2.33. The molecule has 2 N–H and O–H groups in total. The summed E-state index contributed by atoms with van der Waals surface area (Å²) in [6, 6.07) is 2.42. The van der Waals surface area contributed by atoms with Gasteiger partial charge in [-0.25, -0.2) is 13.1 Å². The zero-order chi connectivity index (χ0) is 14.6. The van der Waals surface area contributed by atoms with E-state index in [0.29, 0.717) is 30.5 Å². The first kappa shape index (κ1) is 15.9. The number of aryl methyl sites for hydroxylation is 1. The van der Waals surface area contributed by atoms with E-state index < -0.39 is 10.0 Å². The molecular weight excluding hydrogens is 296 g/mol. The molecule has 0 aliphatic heterocycles. The van der Waals surface area contributed by atoms with Gasteiger partial charge in [-0.05, 0) is 32.3 Å². The zero-order valence-corrected chi connectivity index (χ0v) is 13.6. The zero-order valence-electron chi connectivity index (χ0n) is 11.9. The minimum Gasteiger partial charge on any atom is -0.385 e. The lowest BCUT2D eigenvalue weighted by atomic mass is 10.4. The Morgan fingerprint density at radius 1 is 1.45 bits per heavy atom. The molecular formula is C13H22N2O3S2. The number of sulfonamides is 1. The summed E-state index contributed by atoms with van der Waals surface area (Å²) in [7, 11) is -1.79. The van der Waals surface area contributed by atoms with Gasteiger partial charge in [-0.3, -0.25) is 0 Å².